The van der Waals surface area contributed by atoms with Crippen LogP contribution in [0.5, 0.6) is 5.75 Å². The molecule has 0 aromatic heterocycles. The number of ether oxygens (including phenoxy) is 1. The molecule has 0 radical (unpaired) electrons. The highest BCUT2D eigenvalue weighted by molar-refractivity contribution is 5.86. The van der Waals surface area contributed by atoms with E-state index < -0.39 is 17.7 Å². The van der Waals surface area contributed by atoms with Gasteiger partial charge in [-0.15, -0.1) is 0 Å². The molecular weight excluding hydrogens is 363 g/mol. The second-order valence-corrected chi connectivity index (χ2v) is 8.70. The third-order valence-electron chi connectivity index (χ3n) is 5.40. The van der Waals surface area contributed by atoms with E-state index in [1.807, 2.05) is 20.8 Å². The third kappa shape index (κ3) is 4.75. The predicted octanol–water partition coefficient (Wildman–Crippen LogP) is 3.75. The second-order valence-electron chi connectivity index (χ2n) is 8.70. The zero-order valence-corrected chi connectivity index (χ0v) is 16.7. The lowest BCUT2D eigenvalue weighted by Crippen LogP contribution is -2.59. The van der Waals surface area contributed by atoms with Crippen molar-refractivity contribution >= 4 is 12.0 Å². The van der Waals surface area contributed by atoms with Crippen molar-refractivity contribution in [2.75, 3.05) is 13.1 Å². The van der Waals surface area contributed by atoms with E-state index in [0.29, 0.717) is 31.7 Å². The van der Waals surface area contributed by atoms with Gasteiger partial charge in [-0.25, -0.2) is 9.18 Å². The minimum atomic E-state index is -1.05. The first-order chi connectivity index (χ1) is 13.2. The molecule has 154 valence electrons. The monoisotopic (exact) mass is 392 g/mol. The van der Waals surface area contributed by atoms with Gasteiger partial charge < -0.3 is 14.7 Å². The molecule has 6 nitrogen and oxygen atoms in total. The van der Waals surface area contributed by atoms with Gasteiger partial charge in [0.05, 0.1) is 0 Å². The van der Waals surface area contributed by atoms with Crippen LogP contribution in [-0.4, -0.2) is 57.7 Å². The Balaban J connectivity index is 1.62. The van der Waals surface area contributed by atoms with Crippen LogP contribution < -0.4 is 4.74 Å². The van der Waals surface area contributed by atoms with Crippen molar-refractivity contribution in [3.8, 4) is 5.75 Å². The predicted molar refractivity (Wildman–Crippen MR) is 103 cm³/mol. The highest BCUT2D eigenvalue weighted by Crippen LogP contribution is 2.39. The van der Waals surface area contributed by atoms with Crippen molar-refractivity contribution in [3.63, 3.8) is 0 Å². The van der Waals surface area contributed by atoms with E-state index in [0.717, 1.165) is 12.8 Å². The Morgan fingerprint density at radius 2 is 1.71 bits per heavy atom. The lowest BCUT2D eigenvalue weighted by Gasteiger charge is -2.42. The smallest absolute Gasteiger partial charge is 0.408 e. The Labute approximate surface area is 165 Å². The van der Waals surface area contributed by atoms with E-state index >= 15 is 0 Å². The summed E-state index contributed by atoms with van der Waals surface area (Å²) in [5.41, 5.74) is -0.640. The van der Waals surface area contributed by atoms with Crippen LogP contribution in [0.4, 0.5) is 9.18 Å². The number of hydrogen-bond acceptors (Lipinski definition) is 3. The molecule has 1 aliphatic heterocycles. The first kappa shape index (κ1) is 20.4. The maximum atomic E-state index is 13.2. The molecule has 1 heterocycles. The van der Waals surface area contributed by atoms with Crippen molar-refractivity contribution in [2.24, 2.45) is 5.92 Å². The summed E-state index contributed by atoms with van der Waals surface area (Å²) in [4.78, 5) is 28.2. The third-order valence-corrected chi connectivity index (χ3v) is 5.40. The summed E-state index contributed by atoms with van der Waals surface area (Å²) in [6.07, 6.45) is 2.03. The molecule has 1 aliphatic carbocycles. The number of carbonyl (C=O) groups excluding carboxylic acids is 1. The molecule has 1 atom stereocenters. The normalized spacial score (nSPS) is 19.2. The Hall–Kier alpha value is -2.31. The lowest BCUT2D eigenvalue weighted by molar-refractivity contribution is -0.141. The number of carbonyl (C=O) groups is 2. The number of halogens is 1. The van der Waals surface area contributed by atoms with Crippen LogP contribution in [0.25, 0.3) is 0 Å². The molecule has 7 heteroatoms. The first-order valence-corrected chi connectivity index (χ1v) is 9.90. The Morgan fingerprint density at radius 1 is 1.14 bits per heavy atom. The van der Waals surface area contributed by atoms with Crippen molar-refractivity contribution in [2.45, 2.75) is 64.1 Å². The average molecular weight is 392 g/mol. The molecule has 3 rings (SSSR count). The number of benzene rings is 1. The fourth-order valence-corrected chi connectivity index (χ4v) is 3.84. The summed E-state index contributed by atoms with van der Waals surface area (Å²) >= 11 is 0. The molecule has 2 aliphatic rings. The van der Waals surface area contributed by atoms with E-state index in [9.17, 15) is 19.1 Å². The first-order valence-electron chi connectivity index (χ1n) is 9.90. The van der Waals surface area contributed by atoms with Crippen molar-refractivity contribution in [3.05, 3.63) is 30.1 Å². The van der Waals surface area contributed by atoms with Gasteiger partial charge in [0, 0.05) is 31.5 Å². The van der Waals surface area contributed by atoms with Gasteiger partial charge in [-0.05, 0) is 63.8 Å². The van der Waals surface area contributed by atoms with Crippen LogP contribution in [0.2, 0.25) is 0 Å². The molecule has 1 saturated heterocycles. The molecule has 1 N–H and O–H groups in total. The van der Waals surface area contributed by atoms with Gasteiger partial charge >= 0.3 is 6.09 Å². The van der Waals surface area contributed by atoms with Crippen LogP contribution >= 0.6 is 0 Å². The van der Waals surface area contributed by atoms with Gasteiger partial charge in [0.15, 0.2) is 0 Å². The molecular formula is C21H29FN2O4. The number of piperidine rings is 1. The van der Waals surface area contributed by atoms with Gasteiger partial charge in [-0.2, -0.15) is 0 Å². The number of amides is 2. The SMILES string of the molecule is CC(C)(C)N(C(=O)O)[C@H](C(=O)N1CCC(Oc2ccc(F)cc2)CC1)C1CC1. The zero-order chi connectivity index (χ0) is 20.5. The molecule has 28 heavy (non-hydrogen) atoms. The van der Waals surface area contributed by atoms with Crippen LogP contribution in [0.15, 0.2) is 24.3 Å². The lowest BCUT2D eigenvalue weighted by atomic mass is 9.98. The zero-order valence-electron chi connectivity index (χ0n) is 16.7. The summed E-state index contributed by atoms with van der Waals surface area (Å²) in [6.45, 7) is 6.54. The maximum absolute atomic E-state index is 13.2. The largest absolute Gasteiger partial charge is 0.490 e. The van der Waals surface area contributed by atoms with Crippen molar-refractivity contribution < 1.29 is 23.8 Å². The minimum absolute atomic E-state index is 0.0351. The fraction of sp³-hybridized carbons (Fsp3) is 0.619. The molecule has 2 amide bonds. The van der Waals surface area contributed by atoms with Crippen LogP contribution in [0, 0.1) is 11.7 Å². The number of carboxylic acid groups (broad SMARTS) is 1. The molecule has 1 aromatic rings. The highest BCUT2D eigenvalue weighted by Gasteiger charge is 2.48. The molecule has 0 spiro atoms. The summed E-state index contributed by atoms with van der Waals surface area (Å²) in [5.74, 6) is 0.323. The van der Waals surface area contributed by atoms with Gasteiger partial charge in [-0.3, -0.25) is 9.69 Å². The van der Waals surface area contributed by atoms with E-state index in [-0.39, 0.29) is 23.7 Å². The Bertz CT molecular complexity index is 704. The maximum Gasteiger partial charge on any atom is 0.408 e. The van der Waals surface area contributed by atoms with E-state index in [2.05, 4.69) is 0 Å². The van der Waals surface area contributed by atoms with Gasteiger partial charge in [0.1, 0.15) is 23.7 Å². The second kappa shape index (κ2) is 7.97. The number of nitrogens with zero attached hydrogens (tertiary/aromatic N) is 2. The summed E-state index contributed by atoms with van der Waals surface area (Å²) in [5, 5.41) is 9.74. The van der Waals surface area contributed by atoms with E-state index in [1.165, 1.54) is 17.0 Å². The number of hydrogen-bond donors (Lipinski definition) is 1. The summed E-state index contributed by atoms with van der Waals surface area (Å²) in [7, 11) is 0. The molecule has 0 bridgehead atoms. The molecule has 0 unspecified atom stereocenters. The van der Waals surface area contributed by atoms with Gasteiger partial charge in [0.25, 0.3) is 0 Å². The van der Waals surface area contributed by atoms with Crippen LogP contribution in [0.3, 0.4) is 0 Å². The summed E-state index contributed by atoms with van der Waals surface area (Å²) < 4.78 is 18.9. The van der Waals surface area contributed by atoms with Crippen molar-refractivity contribution in [1.29, 1.82) is 0 Å². The molecule has 1 saturated carbocycles. The summed E-state index contributed by atoms with van der Waals surface area (Å²) in [6, 6.07) is 5.31. The Morgan fingerprint density at radius 3 is 2.18 bits per heavy atom. The molecule has 2 fully saturated rings. The quantitative estimate of drug-likeness (QED) is 0.828. The topological polar surface area (TPSA) is 70.1 Å². The standard InChI is InChI=1S/C21H29FN2O4/c1-21(2,3)24(20(26)27)18(14-4-5-14)19(25)23-12-10-17(11-13-23)28-16-8-6-15(22)7-9-16/h6-9,14,17-18H,4-5,10-13H2,1-3H3,(H,26,27)/t18-/m0/s1. The van der Waals surface area contributed by atoms with Gasteiger partial charge in [0.2, 0.25) is 5.91 Å². The average Bonchev–Trinajstić information content (AvgIpc) is 3.45. The van der Waals surface area contributed by atoms with Crippen molar-refractivity contribution in [1.82, 2.24) is 9.80 Å². The number of likely N-dealkylation sites (tertiary alicyclic amines) is 1. The van der Waals surface area contributed by atoms with Crippen LogP contribution in [0.1, 0.15) is 46.5 Å². The van der Waals surface area contributed by atoms with Gasteiger partial charge in [-0.1, -0.05) is 0 Å². The minimum Gasteiger partial charge on any atom is -0.490 e. The Kier molecular flexibility index (Phi) is 5.82. The fourth-order valence-electron chi connectivity index (χ4n) is 3.84. The van der Waals surface area contributed by atoms with E-state index in [4.69, 9.17) is 4.74 Å². The molecule has 1 aromatic carbocycles. The van der Waals surface area contributed by atoms with E-state index in [1.54, 1.807) is 17.0 Å². The highest BCUT2D eigenvalue weighted by atomic mass is 19.1. The van der Waals surface area contributed by atoms with Crippen LogP contribution in [-0.2, 0) is 4.79 Å². The number of rotatable bonds is 5.